The van der Waals surface area contributed by atoms with Crippen molar-refractivity contribution in [3.8, 4) is 5.75 Å². The Morgan fingerprint density at radius 2 is 1.78 bits per heavy atom. The van der Waals surface area contributed by atoms with Crippen LogP contribution in [0.2, 0.25) is 0 Å². The van der Waals surface area contributed by atoms with Gasteiger partial charge in [-0.05, 0) is 10.6 Å². The molecule has 1 N–H and O–H groups in total. The molecule has 0 saturated heterocycles. The second-order valence-electron chi connectivity index (χ2n) is 4.19. The number of benzene rings is 1. The summed E-state index contributed by atoms with van der Waals surface area (Å²) in [5, 5.41) is 18.3. The number of halogens is 1. The Balaban J connectivity index is 2.23. The van der Waals surface area contributed by atoms with E-state index in [-0.39, 0.29) is 26.4 Å². The number of ether oxygens (including phenoxy) is 2. The van der Waals surface area contributed by atoms with Crippen molar-refractivity contribution in [1.82, 2.24) is 4.53 Å². The number of para-hydroxylation sites is 1. The van der Waals surface area contributed by atoms with Crippen molar-refractivity contribution in [2.75, 3.05) is 39.6 Å². The fourth-order valence-corrected chi connectivity index (χ4v) is 1.63. The average molecular weight is 351 g/mol. The molecule has 10 heteroatoms. The molecule has 0 aliphatic heterocycles. The predicted molar refractivity (Wildman–Crippen MR) is 80.1 cm³/mol. The van der Waals surface area contributed by atoms with E-state index in [1.807, 2.05) is 0 Å². The Morgan fingerprint density at radius 1 is 1.13 bits per heavy atom. The Hall–Kier alpha value is -1.65. The lowest BCUT2D eigenvalue weighted by Gasteiger charge is -2.11. The SMILES string of the molecule is O=[N+]([O-])N(Cl)Cc1ccccc1OOCCOCCOCCO. The third-order valence-electron chi connectivity index (χ3n) is 2.52. The highest BCUT2D eigenvalue weighted by molar-refractivity contribution is 6.12. The number of aliphatic hydroxyl groups excluding tert-OH is 1. The molecule has 130 valence electrons. The molecule has 1 aromatic rings. The molecule has 1 rings (SSSR count). The molecule has 0 atom stereocenters. The van der Waals surface area contributed by atoms with E-state index in [0.29, 0.717) is 35.7 Å². The van der Waals surface area contributed by atoms with Gasteiger partial charge in [0.1, 0.15) is 13.2 Å². The first-order chi connectivity index (χ1) is 11.1. The lowest BCUT2D eigenvalue weighted by Crippen LogP contribution is -2.19. The van der Waals surface area contributed by atoms with Crippen LogP contribution in [-0.4, -0.2) is 54.3 Å². The van der Waals surface area contributed by atoms with Crippen LogP contribution in [0.3, 0.4) is 0 Å². The zero-order valence-corrected chi connectivity index (χ0v) is 13.2. The van der Waals surface area contributed by atoms with Crippen LogP contribution < -0.4 is 4.89 Å². The summed E-state index contributed by atoms with van der Waals surface area (Å²) in [5.74, 6) is 0.339. The lowest BCUT2D eigenvalue weighted by molar-refractivity contribution is -0.625. The van der Waals surface area contributed by atoms with Crippen molar-refractivity contribution in [2.45, 2.75) is 6.54 Å². The number of nitro groups is 1. The maximum atomic E-state index is 10.5. The van der Waals surface area contributed by atoms with Crippen LogP contribution in [0, 0.1) is 10.1 Å². The normalized spacial score (nSPS) is 10.5. The molecule has 0 aliphatic carbocycles. The van der Waals surface area contributed by atoms with Crippen LogP contribution in [0.15, 0.2) is 24.3 Å². The Kier molecular flexibility index (Phi) is 10.00. The van der Waals surface area contributed by atoms with Gasteiger partial charge in [-0.2, -0.15) is 4.89 Å². The molecule has 0 aliphatic rings. The van der Waals surface area contributed by atoms with Crippen molar-refractivity contribution in [3.05, 3.63) is 39.9 Å². The van der Waals surface area contributed by atoms with Crippen LogP contribution in [-0.2, 0) is 20.9 Å². The van der Waals surface area contributed by atoms with Gasteiger partial charge in [-0.15, -0.1) is 0 Å². The molecule has 0 spiro atoms. The molecular weight excluding hydrogens is 332 g/mol. The minimum absolute atomic E-state index is 0.0213. The molecule has 0 amide bonds. The summed E-state index contributed by atoms with van der Waals surface area (Å²) < 4.78 is 10.7. The highest BCUT2D eigenvalue weighted by Gasteiger charge is 2.15. The van der Waals surface area contributed by atoms with E-state index >= 15 is 0 Å². The summed E-state index contributed by atoms with van der Waals surface area (Å²) in [4.78, 5) is 20.6. The maximum Gasteiger partial charge on any atom is 0.176 e. The Bertz CT molecular complexity index is 464. The third-order valence-corrected chi connectivity index (χ3v) is 2.76. The van der Waals surface area contributed by atoms with Crippen molar-refractivity contribution >= 4 is 11.8 Å². The molecule has 0 saturated carbocycles. The van der Waals surface area contributed by atoms with Gasteiger partial charge in [-0.1, -0.05) is 18.2 Å². The molecule has 0 aromatic heterocycles. The number of nitrogens with zero attached hydrogens (tertiary/aromatic N) is 2. The van der Waals surface area contributed by atoms with Crippen molar-refractivity contribution in [3.63, 3.8) is 0 Å². The highest BCUT2D eigenvalue weighted by atomic mass is 35.5. The molecule has 23 heavy (non-hydrogen) atoms. The summed E-state index contributed by atoms with van der Waals surface area (Å²) in [7, 11) is 0. The van der Waals surface area contributed by atoms with E-state index in [0.717, 1.165) is 0 Å². The molecule has 0 heterocycles. The van der Waals surface area contributed by atoms with Crippen LogP contribution in [0.5, 0.6) is 5.75 Å². The van der Waals surface area contributed by atoms with Crippen molar-refractivity contribution < 1.29 is 29.4 Å². The number of hydrogen-bond acceptors (Lipinski definition) is 7. The molecule has 0 radical (unpaired) electrons. The molecule has 0 fully saturated rings. The Morgan fingerprint density at radius 3 is 2.48 bits per heavy atom. The first-order valence-corrected chi connectivity index (χ1v) is 7.20. The third kappa shape index (κ3) is 8.53. The topological polar surface area (TPSA) is 104 Å². The lowest BCUT2D eigenvalue weighted by atomic mass is 10.2. The van der Waals surface area contributed by atoms with Crippen molar-refractivity contribution in [1.29, 1.82) is 0 Å². The first kappa shape index (κ1) is 19.4. The molecule has 1 aromatic carbocycles. The van der Waals surface area contributed by atoms with Gasteiger partial charge in [-0.3, -0.25) is 0 Å². The van der Waals surface area contributed by atoms with Gasteiger partial charge in [0.2, 0.25) is 0 Å². The second kappa shape index (κ2) is 11.9. The van der Waals surface area contributed by atoms with Gasteiger partial charge in [-0.25, -0.2) is 10.1 Å². The van der Waals surface area contributed by atoms with Crippen molar-refractivity contribution in [2.24, 2.45) is 0 Å². The van der Waals surface area contributed by atoms with Gasteiger partial charge < -0.3 is 19.5 Å². The van der Waals surface area contributed by atoms with Gasteiger partial charge in [0, 0.05) is 5.56 Å². The van der Waals surface area contributed by atoms with E-state index in [4.69, 9.17) is 36.1 Å². The summed E-state index contributed by atoms with van der Waals surface area (Å²) in [6, 6.07) is 6.68. The van der Waals surface area contributed by atoms with Gasteiger partial charge in [0.25, 0.3) is 0 Å². The zero-order valence-electron chi connectivity index (χ0n) is 12.4. The largest absolute Gasteiger partial charge is 0.394 e. The van der Waals surface area contributed by atoms with Crippen LogP contribution in [0.4, 0.5) is 0 Å². The molecule has 0 unspecified atom stereocenters. The predicted octanol–water partition coefficient (Wildman–Crippen LogP) is 1.17. The first-order valence-electron chi connectivity index (χ1n) is 6.86. The Labute approximate surface area is 138 Å². The van der Waals surface area contributed by atoms with Crippen LogP contribution in [0.1, 0.15) is 5.56 Å². The van der Waals surface area contributed by atoms with Gasteiger partial charge in [0.15, 0.2) is 10.8 Å². The zero-order chi connectivity index (χ0) is 16.9. The monoisotopic (exact) mass is 350 g/mol. The highest BCUT2D eigenvalue weighted by Crippen LogP contribution is 2.20. The van der Waals surface area contributed by atoms with E-state index < -0.39 is 5.03 Å². The number of hydrazine groups is 1. The maximum absolute atomic E-state index is 10.5. The van der Waals surface area contributed by atoms with E-state index in [9.17, 15) is 10.1 Å². The summed E-state index contributed by atoms with van der Waals surface area (Å²) in [5.41, 5.74) is 0.512. The summed E-state index contributed by atoms with van der Waals surface area (Å²) in [6.45, 7) is 1.36. The fraction of sp³-hybridized carbons (Fsp3) is 0.538. The van der Waals surface area contributed by atoms with E-state index in [1.165, 1.54) is 0 Å². The van der Waals surface area contributed by atoms with Crippen LogP contribution in [0.25, 0.3) is 0 Å². The fourth-order valence-electron chi connectivity index (χ4n) is 1.50. The van der Waals surface area contributed by atoms with E-state index in [2.05, 4.69) is 0 Å². The van der Waals surface area contributed by atoms with Crippen LogP contribution >= 0.6 is 11.8 Å². The van der Waals surface area contributed by atoms with Gasteiger partial charge in [0.05, 0.1) is 44.8 Å². The molecule has 0 bridgehead atoms. The number of aliphatic hydroxyl groups is 1. The number of hydrogen-bond donors (Lipinski definition) is 1. The summed E-state index contributed by atoms with van der Waals surface area (Å²) >= 11 is 5.47. The minimum atomic E-state index is -0.730. The average Bonchev–Trinajstić information content (AvgIpc) is 2.54. The van der Waals surface area contributed by atoms with Gasteiger partial charge >= 0.3 is 0 Å². The standard InChI is InChI=1S/C13H19ClN2O7/c14-15(16(18)19)11-12-3-1-2-4-13(12)23-22-10-9-21-8-7-20-6-5-17/h1-4,17H,5-11H2. The summed E-state index contributed by atoms with van der Waals surface area (Å²) in [6.07, 6.45) is 0. The quantitative estimate of drug-likeness (QED) is 0.186. The minimum Gasteiger partial charge on any atom is -0.394 e. The second-order valence-corrected chi connectivity index (χ2v) is 4.58. The van der Waals surface area contributed by atoms with E-state index in [1.54, 1.807) is 24.3 Å². The molecular formula is C13H19ClN2O7. The molecule has 9 nitrogen and oxygen atoms in total. The smallest absolute Gasteiger partial charge is 0.176 e. The number of rotatable bonds is 13.